The third kappa shape index (κ3) is 5.07. The lowest BCUT2D eigenvalue weighted by atomic mass is 9.95. The lowest BCUT2D eigenvalue weighted by Crippen LogP contribution is -2.40. The number of nitrogens with one attached hydrogen (secondary N) is 1. The van der Waals surface area contributed by atoms with Gasteiger partial charge in [0, 0.05) is 29.8 Å². The molecule has 0 spiro atoms. The molecule has 6 heteroatoms. The Labute approximate surface area is 154 Å². The number of rotatable bonds is 4. The average molecular weight is 360 g/mol. The molecule has 1 aromatic carbocycles. The highest BCUT2D eigenvalue weighted by atomic mass is 16.5. The van der Waals surface area contributed by atoms with E-state index in [-0.39, 0.29) is 23.7 Å². The molecule has 6 nitrogen and oxygen atoms in total. The molecule has 2 amide bonds. The number of piperidine rings is 1. The van der Waals surface area contributed by atoms with Crippen LogP contribution in [0.5, 0.6) is 0 Å². The Morgan fingerprint density at radius 3 is 2.42 bits per heavy atom. The minimum atomic E-state index is -0.505. The Balaban J connectivity index is 1.99. The topological polar surface area (TPSA) is 75.7 Å². The molecule has 0 saturated carbocycles. The van der Waals surface area contributed by atoms with Crippen molar-refractivity contribution in [2.24, 2.45) is 11.3 Å². The van der Waals surface area contributed by atoms with Crippen LogP contribution in [-0.2, 0) is 14.3 Å². The van der Waals surface area contributed by atoms with Gasteiger partial charge in [0.05, 0.1) is 12.5 Å². The molecule has 1 heterocycles. The number of hydrogen-bond donors (Lipinski definition) is 1. The first kappa shape index (κ1) is 19.9. The van der Waals surface area contributed by atoms with E-state index in [1.807, 2.05) is 20.8 Å². The van der Waals surface area contributed by atoms with Crippen LogP contribution in [-0.4, -0.2) is 42.4 Å². The van der Waals surface area contributed by atoms with Gasteiger partial charge in [-0.05, 0) is 38.0 Å². The molecule has 0 bridgehead atoms. The maximum atomic E-state index is 12.7. The number of anilines is 1. The fourth-order valence-corrected chi connectivity index (χ4v) is 2.81. The van der Waals surface area contributed by atoms with Crippen molar-refractivity contribution in [1.82, 2.24) is 4.90 Å². The minimum absolute atomic E-state index is 0.0841. The molecular formula is C20H28N2O4. The number of hydrogen-bond acceptors (Lipinski definition) is 4. The molecule has 1 fully saturated rings. The van der Waals surface area contributed by atoms with Gasteiger partial charge in [-0.15, -0.1) is 0 Å². The van der Waals surface area contributed by atoms with E-state index in [9.17, 15) is 14.4 Å². The van der Waals surface area contributed by atoms with Gasteiger partial charge in [0.15, 0.2) is 0 Å². The molecule has 0 atom stereocenters. The number of likely N-dealkylation sites (tertiary alicyclic amines) is 1. The smallest absolute Gasteiger partial charge is 0.309 e. The van der Waals surface area contributed by atoms with Crippen molar-refractivity contribution >= 4 is 23.5 Å². The maximum Gasteiger partial charge on any atom is 0.309 e. The second kappa shape index (κ2) is 8.34. The fraction of sp³-hybridized carbons (Fsp3) is 0.550. The van der Waals surface area contributed by atoms with Gasteiger partial charge in [-0.3, -0.25) is 14.4 Å². The highest BCUT2D eigenvalue weighted by Gasteiger charge is 2.29. The summed E-state index contributed by atoms with van der Waals surface area (Å²) in [7, 11) is 0. The van der Waals surface area contributed by atoms with Crippen LogP contribution in [0.1, 0.15) is 50.9 Å². The van der Waals surface area contributed by atoms with Crippen molar-refractivity contribution in [3.05, 3.63) is 29.8 Å². The quantitative estimate of drug-likeness (QED) is 0.837. The Hall–Kier alpha value is -2.37. The molecule has 0 aliphatic carbocycles. The number of amides is 2. The molecule has 0 aromatic heterocycles. The Bertz CT molecular complexity index is 671. The van der Waals surface area contributed by atoms with Crippen molar-refractivity contribution in [3.63, 3.8) is 0 Å². The van der Waals surface area contributed by atoms with Gasteiger partial charge in [0.2, 0.25) is 5.91 Å². The molecule has 142 valence electrons. The summed E-state index contributed by atoms with van der Waals surface area (Å²) in [5, 5.41) is 2.85. The second-order valence-electron chi connectivity index (χ2n) is 7.60. The molecule has 26 heavy (non-hydrogen) atoms. The van der Waals surface area contributed by atoms with Crippen LogP contribution >= 0.6 is 0 Å². The van der Waals surface area contributed by atoms with Crippen LogP contribution in [0.25, 0.3) is 0 Å². The molecular weight excluding hydrogens is 332 g/mol. The molecule has 1 saturated heterocycles. The first-order valence-electron chi connectivity index (χ1n) is 9.09. The standard InChI is InChI=1S/C20H28N2O4/c1-5-26-18(24)14-9-11-22(12-10-14)17(23)15-7-6-8-16(13-15)21-19(25)20(2,3)4/h6-8,13-14H,5,9-12H2,1-4H3,(H,21,25). The van der Waals surface area contributed by atoms with Crippen molar-refractivity contribution < 1.29 is 19.1 Å². The zero-order chi connectivity index (χ0) is 19.3. The van der Waals surface area contributed by atoms with Gasteiger partial charge in [-0.1, -0.05) is 26.8 Å². The van der Waals surface area contributed by atoms with Crippen molar-refractivity contribution in [3.8, 4) is 0 Å². The fourth-order valence-electron chi connectivity index (χ4n) is 2.81. The van der Waals surface area contributed by atoms with E-state index in [2.05, 4.69) is 5.32 Å². The highest BCUT2D eigenvalue weighted by molar-refractivity contribution is 5.98. The van der Waals surface area contributed by atoms with Gasteiger partial charge >= 0.3 is 5.97 Å². The summed E-state index contributed by atoms with van der Waals surface area (Å²) in [6.45, 7) is 8.75. The summed E-state index contributed by atoms with van der Waals surface area (Å²) < 4.78 is 5.06. The molecule has 1 aliphatic heterocycles. The number of nitrogens with zero attached hydrogens (tertiary/aromatic N) is 1. The first-order chi connectivity index (χ1) is 12.2. The van der Waals surface area contributed by atoms with Crippen molar-refractivity contribution in [2.75, 3.05) is 25.0 Å². The maximum absolute atomic E-state index is 12.7. The average Bonchev–Trinajstić information content (AvgIpc) is 2.61. The largest absolute Gasteiger partial charge is 0.466 e. The van der Waals surface area contributed by atoms with E-state index in [0.29, 0.717) is 43.8 Å². The van der Waals surface area contributed by atoms with Crippen molar-refractivity contribution in [2.45, 2.75) is 40.5 Å². The van der Waals surface area contributed by atoms with Crippen LogP contribution in [0.15, 0.2) is 24.3 Å². The van der Waals surface area contributed by atoms with Gasteiger partial charge in [0.25, 0.3) is 5.91 Å². The van der Waals surface area contributed by atoms with Gasteiger partial charge < -0.3 is 15.0 Å². The number of carbonyl (C=O) groups is 3. The van der Waals surface area contributed by atoms with E-state index in [0.717, 1.165) is 0 Å². The minimum Gasteiger partial charge on any atom is -0.466 e. The van der Waals surface area contributed by atoms with E-state index in [4.69, 9.17) is 4.74 Å². The normalized spacial score (nSPS) is 15.5. The second-order valence-corrected chi connectivity index (χ2v) is 7.60. The van der Waals surface area contributed by atoms with Crippen LogP contribution < -0.4 is 5.32 Å². The highest BCUT2D eigenvalue weighted by Crippen LogP contribution is 2.22. The van der Waals surface area contributed by atoms with Gasteiger partial charge in [-0.2, -0.15) is 0 Å². The molecule has 0 unspecified atom stereocenters. The van der Waals surface area contributed by atoms with Crippen LogP contribution in [0, 0.1) is 11.3 Å². The Morgan fingerprint density at radius 1 is 1.19 bits per heavy atom. The summed E-state index contributed by atoms with van der Waals surface area (Å²) in [6.07, 6.45) is 1.23. The lowest BCUT2D eigenvalue weighted by molar-refractivity contribution is -0.149. The molecule has 1 aliphatic rings. The van der Waals surface area contributed by atoms with E-state index >= 15 is 0 Å². The summed E-state index contributed by atoms with van der Waals surface area (Å²) >= 11 is 0. The first-order valence-corrected chi connectivity index (χ1v) is 9.09. The molecule has 1 aromatic rings. The number of carbonyl (C=O) groups excluding carboxylic acids is 3. The number of ether oxygens (including phenoxy) is 1. The lowest BCUT2D eigenvalue weighted by Gasteiger charge is -2.31. The number of benzene rings is 1. The van der Waals surface area contributed by atoms with Crippen molar-refractivity contribution in [1.29, 1.82) is 0 Å². The molecule has 2 rings (SSSR count). The third-order valence-electron chi connectivity index (χ3n) is 4.45. The predicted octanol–water partition coefficient (Wildman–Crippen LogP) is 3.09. The molecule has 1 N–H and O–H groups in total. The Kier molecular flexibility index (Phi) is 6.40. The predicted molar refractivity (Wildman–Crippen MR) is 99.8 cm³/mol. The summed E-state index contributed by atoms with van der Waals surface area (Å²) in [5.74, 6) is -0.487. The summed E-state index contributed by atoms with van der Waals surface area (Å²) in [6, 6.07) is 6.97. The van der Waals surface area contributed by atoms with Crippen LogP contribution in [0.4, 0.5) is 5.69 Å². The zero-order valence-electron chi connectivity index (χ0n) is 16.0. The van der Waals surface area contributed by atoms with Crippen LogP contribution in [0.2, 0.25) is 0 Å². The summed E-state index contributed by atoms with van der Waals surface area (Å²) in [4.78, 5) is 38.4. The SMILES string of the molecule is CCOC(=O)C1CCN(C(=O)c2cccc(NC(=O)C(C)(C)C)c2)CC1. The van der Waals surface area contributed by atoms with E-state index in [1.54, 1.807) is 36.1 Å². The third-order valence-corrected chi connectivity index (χ3v) is 4.45. The zero-order valence-corrected chi connectivity index (χ0v) is 16.0. The number of esters is 1. The van der Waals surface area contributed by atoms with Gasteiger partial charge in [-0.25, -0.2) is 0 Å². The van der Waals surface area contributed by atoms with Gasteiger partial charge in [0.1, 0.15) is 0 Å². The van der Waals surface area contributed by atoms with E-state index in [1.165, 1.54) is 0 Å². The van der Waals surface area contributed by atoms with E-state index < -0.39 is 5.41 Å². The molecule has 0 radical (unpaired) electrons. The Morgan fingerprint density at radius 2 is 1.85 bits per heavy atom. The summed E-state index contributed by atoms with van der Waals surface area (Å²) in [5.41, 5.74) is 0.637. The monoisotopic (exact) mass is 360 g/mol. The van der Waals surface area contributed by atoms with Crippen LogP contribution in [0.3, 0.4) is 0 Å².